The molecule has 0 radical (unpaired) electrons. The third kappa shape index (κ3) is 3.68. The molecule has 1 fully saturated rings. The van der Waals surface area contributed by atoms with E-state index in [-0.39, 0.29) is 23.8 Å². The van der Waals surface area contributed by atoms with Gasteiger partial charge < -0.3 is 9.84 Å². The molecule has 0 aliphatic heterocycles. The summed E-state index contributed by atoms with van der Waals surface area (Å²) in [5.41, 5.74) is 0.262. The number of aliphatic hydroxyl groups is 1. The van der Waals surface area contributed by atoms with Crippen LogP contribution in [0.5, 0.6) is 5.75 Å². The second kappa shape index (κ2) is 6.53. The number of aliphatic hydroxyl groups excluding tert-OH is 1. The summed E-state index contributed by atoms with van der Waals surface area (Å²) in [6, 6.07) is 5.95. The molecule has 1 saturated carbocycles. The fourth-order valence-corrected chi connectivity index (χ4v) is 2.52. The average molecular weight is 263 g/mol. The number of hydrogen-bond donors (Lipinski definition) is 1. The van der Waals surface area contributed by atoms with Gasteiger partial charge in [0.25, 0.3) is 0 Å². The van der Waals surface area contributed by atoms with Crippen LogP contribution in [0.1, 0.15) is 37.7 Å². The number of halogens is 1. The van der Waals surface area contributed by atoms with Crippen molar-refractivity contribution in [2.75, 3.05) is 6.61 Å². The van der Waals surface area contributed by atoms with Crippen LogP contribution in [0.3, 0.4) is 0 Å². The second-order valence-electron chi connectivity index (χ2n) is 5.03. The molecule has 1 unspecified atom stereocenters. The summed E-state index contributed by atoms with van der Waals surface area (Å²) in [5.74, 6) is -0.209. The minimum atomic E-state index is -0.560. The zero-order chi connectivity index (χ0) is 13.7. The topological polar surface area (TPSA) is 53.2 Å². The van der Waals surface area contributed by atoms with E-state index in [9.17, 15) is 9.50 Å². The van der Waals surface area contributed by atoms with Crippen LogP contribution in [-0.4, -0.2) is 17.8 Å². The van der Waals surface area contributed by atoms with Gasteiger partial charge in [-0.1, -0.05) is 19.3 Å². The lowest BCUT2D eigenvalue weighted by Gasteiger charge is -2.26. The van der Waals surface area contributed by atoms with Gasteiger partial charge in [0.05, 0.1) is 17.7 Å². The Kier molecular flexibility index (Phi) is 4.75. The van der Waals surface area contributed by atoms with Gasteiger partial charge in [0.2, 0.25) is 0 Å². The normalized spacial score (nSPS) is 17.7. The standard InChI is InChI=1S/C15H18FNO2/c16-13-8-11(9-17)6-7-15(13)19-10-14(18)12-4-2-1-3-5-12/h6-8,12,14,18H,1-5,10H2. The maximum absolute atomic E-state index is 13.6. The van der Waals surface area contributed by atoms with Crippen LogP contribution in [0.2, 0.25) is 0 Å². The Morgan fingerprint density at radius 2 is 2.11 bits per heavy atom. The molecule has 0 spiro atoms. The molecule has 0 saturated heterocycles. The smallest absolute Gasteiger partial charge is 0.166 e. The summed E-state index contributed by atoms with van der Waals surface area (Å²) in [6.45, 7) is 0.105. The molecule has 1 aliphatic carbocycles. The Morgan fingerprint density at radius 3 is 2.74 bits per heavy atom. The maximum Gasteiger partial charge on any atom is 0.166 e. The van der Waals surface area contributed by atoms with Crippen molar-refractivity contribution in [3.63, 3.8) is 0 Å². The maximum atomic E-state index is 13.6. The highest BCUT2D eigenvalue weighted by Gasteiger charge is 2.22. The largest absolute Gasteiger partial charge is 0.488 e. The van der Waals surface area contributed by atoms with E-state index in [1.165, 1.54) is 18.6 Å². The Bertz CT molecular complexity index is 464. The van der Waals surface area contributed by atoms with Crippen LogP contribution >= 0.6 is 0 Å². The molecule has 1 aromatic rings. The number of benzene rings is 1. The van der Waals surface area contributed by atoms with Crippen molar-refractivity contribution in [1.82, 2.24) is 0 Å². The fourth-order valence-electron chi connectivity index (χ4n) is 2.52. The Hall–Kier alpha value is -1.60. The van der Waals surface area contributed by atoms with E-state index in [2.05, 4.69) is 0 Å². The van der Waals surface area contributed by atoms with Crippen LogP contribution in [0.15, 0.2) is 18.2 Å². The van der Waals surface area contributed by atoms with Gasteiger partial charge in [0.1, 0.15) is 6.61 Å². The molecule has 102 valence electrons. The quantitative estimate of drug-likeness (QED) is 0.908. The molecule has 19 heavy (non-hydrogen) atoms. The van der Waals surface area contributed by atoms with E-state index in [0.717, 1.165) is 31.7 Å². The molecule has 0 amide bonds. The van der Waals surface area contributed by atoms with Gasteiger partial charge in [-0.05, 0) is 37.0 Å². The van der Waals surface area contributed by atoms with Gasteiger partial charge in [-0.15, -0.1) is 0 Å². The second-order valence-corrected chi connectivity index (χ2v) is 5.03. The predicted octanol–water partition coefficient (Wildman–Crippen LogP) is 3.02. The Balaban J connectivity index is 1.89. The zero-order valence-corrected chi connectivity index (χ0v) is 10.8. The first-order valence-electron chi connectivity index (χ1n) is 6.71. The lowest BCUT2D eigenvalue weighted by Crippen LogP contribution is -2.29. The van der Waals surface area contributed by atoms with Gasteiger partial charge >= 0.3 is 0 Å². The highest BCUT2D eigenvalue weighted by molar-refractivity contribution is 5.35. The molecule has 0 aromatic heterocycles. The molecule has 1 aromatic carbocycles. The fraction of sp³-hybridized carbons (Fsp3) is 0.533. The lowest BCUT2D eigenvalue weighted by atomic mass is 9.85. The minimum Gasteiger partial charge on any atom is -0.488 e. The van der Waals surface area contributed by atoms with Gasteiger partial charge in [-0.25, -0.2) is 4.39 Å². The van der Waals surface area contributed by atoms with E-state index in [0.29, 0.717) is 0 Å². The van der Waals surface area contributed by atoms with Crippen molar-refractivity contribution in [3.8, 4) is 11.8 Å². The summed E-state index contributed by atoms with van der Waals surface area (Å²) in [5, 5.41) is 18.7. The lowest BCUT2D eigenvalue weighted by molar-refractivity contribution is 0.0401. The molecule has 1 N–H and O–H groups in total. The van der Waals surface area contributed by atoms with E-state index in [1.54, 1.807) is 0 Å². The minimum absolute atomic E-state index is 0.0915. The van der Waals surface area contributed by atoms with Crippen molar-refractivity contribution in [2.45, 2.75) is 38.2 Å². The molecule has 0 heterocycles. The van der Waals surface area contributed by atoms with Crippen LogP contribution < -0.4 is 4.74 Å². The van der Waals surface area contributed by atoms with E-state index >= 15 is 0 Å². The van der Waals surface area contributed by atoms with E-state index in [1.807, 2.05) is 6.07 Å². The molecule has 1 atom stereocenters. The van der Waals surface area contributed by atoms with Gasteiger partial charge in [-0.2, -0.15) is 5.26 Å². The number of hydrogen-bond acceptors (Lipinski definition) is 3. The van der Waals surface area contributed by atoms with Crippen molar-refractivity contribution in [3.05, 3.63) is 29.6 Å². The van der Waals surface area contributed by atoms with Gasteiger partial charge in [-0.3, -0.25) is 0 Å². The molecule has 4 heteroatoms. The van der Waals surface area contributed by atoms with Gasteiger partial charge in [0, 0.05) is 0 Å². The molecular weight excluding hydrogens is 245 g/mol. The average Bonchev–Trinajstić information content (AvgIpc) is 2.46. The Morgan fingerprint density at radius 1 is 1.37 bits per heavy atom. The number of nitriles is 1. The molecular formula is C15H18FNO2. The molecule has 0 bridgehead atoms. The van der Waals surface area contributed by atoms with Crippen molar-refractivity contribution >= 4 is 0 Å². The van der Waals surface area contributed by atoms with Crippen LogP contribution in [-0.2, 0) is 0 Å². The summed E-state index contributed by atoms with van der Waals surface area (Å²) in [7, 11) is 0. The third-order valence-electron chi connectivity index (χ3n) is 3.66. The summed E-state index contributed by atoms with van der Waals surface area (Å²) in [6.07, 6.45) is 5.00. The van der Waals surface area contributed by atoms with Crippen LogP contribution in [0, 0.1) is 23.1 Å². The van der Waals surface area contributed by atoms with Crippen molar-refractivity contribution in [1.29, 1.82) is 5.26 Å². The predicted molar refractivity (Wildman–Crippen MR) is 69.2 cm³/mol. The molecule has 2 rings (SSSR count). The number of rotatable bonds is 4. The van der Waals surface area contributed by atoms with E-state index in [4.69, 9.17) is 10.00 Å². The summed E-state index contributed by atoms with van der Waals surface area (Å²) < 4.78 is 18.9. The summed E-state index contributed by atoms with van der Waals surface area (Å²) in [4.78, 5) is 0. The molecule has 1 aliphatic rings. The Labute approximate surface area is 112 Å². The first-order valence-corrected chi connectivity index (χ1v) is 6.71. The number of nitrogens with zero attached hydrogens (tertiary/aromatic N) is 1. The molecule has 3 nitrogen and oxygen atoms in total. The SMILES string of the molecule is N#Cc1ccc(OCC(O)C2CCCCC2)c(F)c1. The van der Waals surface area contributed by atoms with Crippen molar-refractivity contribution in [2.24, 2.45) is 5.92 Å². The third-order valence-corrected chi connectivity index (χ3v) is 3.66. The monoisotopic (exact) mass is 263 g/mol. The first kappa shape index (κ1) is 13.8. The zero-order valence-electron chi connectivity index (χ0n) is 10.8. The number of ether oxygens (including phenoxy) is 1. The first-order chi connectivity index (χ1) is 9.20. The van der Waals surface area contributed by atoms with Crippen LogP contribution in [0.4, 0.5) is 4.39 Å². The van der Waals surface area contributed by atoms with Gasteiger partial charge in [0.15, 0.2) is 11.6 Å². The highest BCUT2D eigenvalue weighted by Crippen LogP contribution is 2.27. The van der Waals surface area contributed by atoms with Crippen LogP contribution in [0.25, 0.3) is 0 Å². The summed E-state index contributed by atoms with van der Waals surface area (Å²) >= 11 is 0. The van der Waals surface area contributed by atoms with Crippen molar-refractivity contribution < 1.29 is 14.2 Å². The highest BCUT2D eigenvalue weighted by atomic mass is 19.1. The van der Waals surface area contributed by atoms with E-state index < -0.39 is 11.9 Å².